The molecule has 112 valence electrons. The first-order chi connectivity index (χ1) is 10.1. The lowest BCUT2D eigenvalue weighted by atomic mass is 10.1. The number of rotatable bonds is 5. The fraction of sp³-hybridized carbons (Fsp3) is 0.333. The third-order valence-electron chi connectivity index (χ3n) is 3.22. The highest BCUT2D eigenvalue weighted by Gasteiger charge is 2.19. The predicted octanol–water partition coefficient (Wildman–Crippen LogP) is 1.53. The molecule has 0 bridgehead atoms. The molecular weight excluding hydrogens is 288 g/mol. The van der Waals surface area contributed by atoms with E-state index in [1.165, 1.54) is 0 Å². The molecule has 1 aliphatic rings. The number of hydrogen-bond donors (Lipinski definition) is 2. The molecule has 0 unspecified atom stereocenters. The number of benzene rings is 1. The van der Waals surface area contributed by atoms with E-state index in [1.54, 1.807) is 7.11 Å². The first-order valence-corrected chi connectivity index (χ1v) is 7.06. The number of nitrogens with one attached hydrogen (secondary N) is 2. The van der Waals surface area contributed by atoms with Crippen molar-refractivity contribution in [3.63, 3.8) is 0 Å². The Balaban J connectivity index is 1.90. The molecule has 0 fully saturated rings. The second-order valence-corrected chi connectivity index (χ2v) is 5.02. The van der Waals surface area contributed by atoms with Crippen molar-refractivity contribution >= 4 is 23.3 Å². The standard InChI is InChI=1S/C15H18N2O3S/c1-10-12(9-16-15(21)17-10)14(18)20-8-7-11-5-3-4-6-13(11)19-2/h3-6H,7-9H2,1-2H3,(H2,16,17,21). The van der Waals surface area contributed by atoms with E-state index >= 15 is 0 Å². The largest absolute Gasteiger partial charge is 0.496 e. The van der Waals surface area contributed by atoms with E-state index < -0.39 is 0 Å². The van der Waals surface area contributed by atoms with Crippen molar-refractivity contribution in [1.82, 2.24) is 10.6 Å². The summed E-state index contributed by atoms with van der Waals surface area (Å²) >= 11 is 4.98. The van der Waals surface area contributed by atoms with Crippen molar-refractivity contribution in [3.05, 3.63) is 41.1 Å². The minimum absolute atomic E-state index is 0.306. The van der Waals surface area contributed by atoms with Crippen LogP contribution in [0.5, 0.6) is 5.75 Å². The summed E-state index contributed by atoms with van der Waals surface area (Å²) in [6.07, 6.45) is 0.612. The molecule has 0 saturated carbocycles. The van der Waals surface area contributed by atoms with E-state index in [0.717, 1.165) is 17.0 Å². The number of carbonyl (C=O) groups is 1. The van der Waals surface area contributed by atoms with Crippen molar-refractivity contribution in [3.8, 4) is 5.75 Å². The second kappa shape index (κ2) is 7.08. The quantitative estimate of drug-likeness (QED) is 0.635. The molecule has 6 heteroatoms. The molecule has 1 aliphatic heterocycles. The third-order valence-corrected chi connectivity index (χ3v) is 3.47. The Hall–Kier alpha value is -2.08. The summed E-state index contributed by atoms with van der Waals surface area (Å²) in [7, 11) is 1.63. The van der Waals surface area contributed by atoms with Gasteiger partial charge in [0.05, 0.1) is 25.8 Å². The molecule has 1 aromatic carbocycles. The topological polar surface area (TPSA) is 59.6 Å². The van der Waals surface area contributed by atoms with Gasteiger partial charge in [-0.1, -0.05) is 18.2 Å². The Morgan fingerprint density at radius 3 is 2.86 bits per heavy atom. The van der Waals surface area contributed by atoms with E-state index in [2.05, 4.69) is 10.6 Å². The number of hydrogen-bond acceptors (Lipinski definition) is 4. The Morgan fingerprint density at radius 1 is 1.38 bits per heavy atom. The molecule has 0 radical (unpaired) electrons. The minimum Gasteiger partial charge on any atom is -0.496 e. The third kappa shape index (κ3) is 3.95. The van der Waals surface area contributed by atoms with Crippen molar-refractivity contribution in [2.75, 3.05) is 20.3 Å². The maximum absolute atomic E-state index is 12.0. The van der Waals surface area contributed by atoms with E-state index in [9.17, 15) is 4.79 Å². The van der Waals surface area contributed by atoms with Crippen LogP contribution in [-0.2, 0) is 16.0 Å². The van der Waals surface area contributed by atoms with Crippen LogP contribution in [-0.4, -0.2) is 31.3 Å². The van der Waals surface area contributed by atoms with E-state index in [4.69, 9.17) is 21.7 Å². The lowest BCUT2D eigenvalue weighted by Crippen LogP contribution is -2.43. The maximum Gasteiger partial charge on any atom is 0.337 e. The van der Waals surface area contributed by atoms with Gasteiger partial charge in [-0.2, -0.15) is 0 Å². The second-order valence-electron chi connectivity index (χ2n) is 4.61. The van der Waals surface area contributed by atoms with Gasteiger partial charge < -0.3 is 20.1 Å². The van der Waals surface area contributed by atoms with E-state index in [1.807, 2.05) is 31.2 Å². The summed E-state index contributed by atoms with van der Waals surface area (Å²) in [5, 5.41) is 6.35. The van der Waals surface area contributed by atoms with Crippen LogP contribution in [0.25, 0.3) is 0 Å². The molecule has 0 amide bonds. The van der Waals surface area contributed by atoms with Crippen LogP contribution >= 0.6 is 12.2 Å². The summed E-state index contributed by atoms with van der Waals surface area (Å²) in [6.45, 7) is 2.51. The fourth-order valence-corrected chi connectivity index (χ4v) is 2.29. The number of ether oxygens (including phenoxy) is 2. The van der Waals surface area contributed by atoms with Crippen LogP contribution in [0, 0.1) is 0 Å². The van der Waals surface area contributed by atoms with Crippen molar-refractivity contribution in [1.29, 1.82) is 0 Å². The van der Waals surface area contributed by atoms with Gasteiger partial charge in [0.15, 0.2) is 5.11 Å². The number of allylic oxidation sites excluding steroid dienone is 1. The molecule has 2 N–H and O–H groups in total. The summed E-state index contributed by atoms with van der Waals surface area (Å²) < 4.78 is 10.6. The van der Waals surface area contributed by atoms with Crippen LogP contribution in [0.3, 0.4) is 0 Å². The van der Waals surface area contributed by atoms with Crippen molar-refractivity contribution < 1.29 is 14.3 Å². The highest BCUT2D eigenvalue weighted by atomic mass is 32.1. The Morgan fingerprint density at radius 2 is 2.14 bits per heavy atom. The zero-order valence-corrected chi connectivity index (χ0v) is 12.9. The predicted molar refractivity (Wildman–Crippen MR) is 84.1 cm³/mol. The molecule has 0 aliphatic carbocycles. The van der Waals surface area contributed by atoms with Gasteiger partial charge in [-0.05, 0) is 30.8 Å². The molecule has 0 atom stereocenters. The molecule has 21 heavy (non-hydrogen) atoms. The van der Waals surface area contributed by atoms with Crippen LogP contribution in [0.1, 0.15) is 12.5 Å². The van der Waals surface area contributed by atoms with E-state index in [-0.39, 0.29) is 5.97 Å². The number of carbonyl (C=O) groups excluding carboxylic acids is 1. The summed E-state index contributed by atoms with van der Waals surface area (Å²) in [5.41, 5.74) is 2.32. The Bertz CT molecular complexity index is 584. The molecule has 1 aromatic rings. The summed E-state index contributed by atoms with van der Waals surface area (Å²) in [6, 6.07) is 7.69. The Kier molecular flexibility index (Phi) is 5.16. The van der Waals surface area contributed by atoms with Gasteiger partial charge in [0.2, 0.25) is 0 Å². The summed E-state index contributed by atoms with van der Waals surface area (Å²) in [4.78, 5) is 12.0. The fourth-order valence-electron chi connectivity index (χ4n) is 2.07. The van der Waals surface area contributed by atoms with Crippen LogP contribution < -0.4 is 15.4 Å². The number of para-hydroxylation sites is 1. The van der Waals surface area contributed by atoms with Gasteiger partial charge in [-0.15, -0.1) is 0 Å². The smallest absolute Gasteiger partial charge is 0.337 e. The minimum atomic E-state index is -0.329. The molecule has 0 saturated heterocycles. The van der Waals surface area contributed by atoms with Gasteiger partial charge in [0, 0.05) is 12.1 Å². The van der Waals surface area contributed by atoms with Gasteiger partial charge in [0.1, 0.15) is 5.75 Å². The first kappa shape index (κ1) is 15.3. The van der Waals surface area contributed by atoms with E-state index in [0.29, 0.717) is 30.3 Å². The molecule has 5 nitrogen and oxygen atoms in total. The molecule has 0 spiro atoms. The zero-order valence-electron chi connectivity index (χ0n) is 12.1. The van der Waals surface area contributed by atoms with Gasteiger partial charge in [-0.3, -0.25) is 0 Å². The van der Waals surface area contributed by atoms with Crippen LogP contribution in [0.2, 0.25) is 0 Å². The zero-order chi connectivity index (χ0) is 15.2. The molecule has 1 heterocycles. The summed E-state index contributed by atoms with van der Waals surface area (Å²) in [5.74, 6) is 0.472. The van der Waals surface area contributed by atoms with Crippen LogP contribution in [0.15, 0.2) is 35.5 Å². The van der Waals surface area contributed by atoms with Gasteiger partial charge in [-0.25, -0.2) is 4.79 Å². The van der Waals surface area contributed by atoms with Crippen LogP contribution in [0.4, 0.5) is 0 Å². The average Bonchev–Trinajstić information content (AvgIpc) is 2.47. The molecule has 2 rings (SSSR count). The average molecular weight is 306 g/mol. The lowest BCUT2D eigenvalue weighted by molar-refractivity contribution is -0.139. The molecule has 0 aromatic heterocycles. The van der Waals surface area contributed by atoms with Crippen molar-refractivity contribution in [2.24, 2.45) is 0 Å². The number of thiocarbonyl (C=S) groups is 1. The van der Waals surface area contributed by atoms with Gasteiger partial charge in [0.25, 0.3) is 0 Å². The number of esters is 1. The first-order valence-electron chi connectivity index (χ1n) is 6.65. The normalized spacial score (nSPS) is 14.3. The Labute approximate surface area is 129 Å². The molecular formula is C15H18N2O3S. The highest BCUT2D eigenvalue weighted by Crippen LogP contribution is 2.18. The number of methoxy groups -OCH3 is 1. The lowest BCUT2D eigenvalue weighted by Gasteiger charge is -2.20. The highest BCUT2D eigenvalue weighted by molar-refractivity contribution is 7.80. The maximum atomic E-state index is 12.0. The van der Waals surface area contributed by atoms with Crippen molar-refractivity contribution in [2.45, 2.75) is 13.3 Å². The SMILES string of the molecule is COc1ccccc1CCOC(=O)C1=C(C)NC(=S)NC1. The van der Waals surface area contributed by atoms with Gasteiger partial charge >= 0.3 is 5.97 Å². The monoisotopic (exact) mass is 306 g/mol.